The van der Waals surface area contributed by atoms with E-state index in [4.69, 9.17) is 4.74 Å². The van der Waals surface area contributed by atoms with Gasteiger partial charge in [-0.25, -0.2) is 0 Å². The minimum absolute atomic E-state index is 0.102. The maximum Gasteiger partial charge on any atom is 0.416 e. The predicted octanol–water partition coefficient (Wildman–Crippen LogP) is 4.64. The number of rotatable bonds is 3. The molecular formula is C14H15F3O. The zero-order valence-electron chi connectivity index (χ0n) is 10.3. The molecule has 4 heteroatoms. The molecule has 1 aromatic rings. The number of halogens is 3. The van der Waals surface area contributed by atoms with Crippen LogP contribution < -0.4 is 0 Å². The van der Waals surface area contributed by atoms with Gasteiger partial charge in [-0.15, -0.1) is 0 Å². The van der Waals surface area contributed by atoms with Gasteiger partial charge in [-0.3, -0.25) is 0 Å². The monoisotopic (exact) mass is 256 g/mol. The van der Waals surface area contributed by atoms with Crippen LogP contribution in [0.25, 0.3) is 5.57 Å². The highest BCUT2D eigenvalue weighted by molar-refractivity contribution is 5.72. The summed E-state index contributed by atoms with van der Waals surface area (Å²) in [5.41, 5.74) is 1.24. The van der Waals surface area contributed by atoms with Crippen LogP contribution in [0.4, 0.5) is 13.2 Å². The Bertz CT molecular complexity index is 455. The van der Waals surface area contributed by atoms with Gasteiger partial charge in [0.2, 0.25) is 0 Å². The number of alkyl halides is 3. The van der Waals surface area contributed by atoms with Crippen LogP contribution in [0.2, 0.25) is 0 Å². The molecule has 18 heavy (non-hydrogen) atoms. The fraction of sp³-hybridized carbons (Fsp3) is 0.429. The van der Waals surface area contributed by atoms with Crippen LogP contribution in [0.5, 0.6) is 0 Å². The van der Waals surface area contributed by atoms with Crippen molar-refractivity contribution in [3.05, 3.63) is 41.2 Å². The Morgan fingerprint density at radius 1 is 1.06 bits per heavy atom. The van der Waals surface area contributed by atoms with Gasteiger partial charge in [0.25, 0.3) is 0 Å². The van der Waals surface area contributed by atoms with E-state index in [-0.39, 0.29) is 6.10 Å². The zero-order chi connectivity index (χ0) is 13.3. The topological polar surface area (TPSA) is 9.23 Å². The van der Waals surface area contributed by atoms with Crippen molar-refractivity contribution in [1.82, 2.24) is 0 Å². The van der Waals surface area contributed by atoms with Gasteiger partial charge in [0.1, 0.15) is 5.76 Å². The van der Waals surface area contributed by atoms with Crippen molar-refractivity contribution in [2.45, 2.75) is 39.0 Å². The molecule has 1 nitrogen and oxygen atoms in total. The Balaban J connectivity index is 2.21. The summed E-state index contributed by atoms with van der Waals surface area (Å²) in [7, 11) is 0. The Morgan fingerprint density at radius 2 is 1.67 bits per heavy atom. The minimum atomic E-state index is -4.27. The summed E-state index contributed by atoms with van der Waals surface area (Å²) in [5.74, 6) is 0.907. The summed E-state index contributed by atoms with van der Waals surface area (Å²) in [6, 6.07) is 5.27. The first-order chi connectivity index (χ1) is 8.38. The van der Waals surface area contributed by atoms with Gasteiger partial charge in [0.05, 0.1) is 11.7 Å². The number of benzene rings is 1. The number of ether oxygens (including phenoxy) is 1. The van der Waals surface area contributed by atoms with E-state index in [1.54, 1.807) is 0 Å². The second-order valence-electron chi connectivity index (χ2n) is 4.64. The standard InChI is InChI=1S/C14H15F3O/c1-9(2)18-13-8-7-12(13)10-3-5-11(6-4-10)14(15,16)17/h3-6,9H,7-8H2,1-2H3. The summed E-state index contributed by atoms with van der Waals surface area (Å²) in [6.07, 6.45) is -2.43. The highest BCUT2D eigenvalue weighted by Gasteiger charge is 2.30. The van der Waals surface area contributed by atoms with Gasteiger partial charge in [-0.05, 0) is 43.5 Å². The van der Waals surface area contributed by atoms with Crippen LogP contribution >= 0.6 is 0 Å². The van der Waals surface area contributed by atoms with E-state index in [2.05, 4.69) is 0 Å². The molecule has 0 saturated heterocycles. The Morgan fingerprint density at radius 3 is 2.06 bits per heavy atom. The van der Waals surface area contributed by atoms with Crippen molar-refractivity contribution < 1.29 is 17.9 Å². The quantitative estimate of drug-likeness (QED) is 0.765. The fourth-order valence-electron chi connectivity index (χ4n) is 1.93. The molecule has 0 spiro atoms. The molecule has 0 unspecified atom stereocenters. The van der Waals surface area contributed by atoms with E-state index in [1.165, 1.54) is 12.1 Å². The molecule has 0 radical (unpaired) electrons. The molecule has 98 valence electrons. The molecule has 1 aromatic carbocycles. The highest BCUT2D eigenvalue weighted by atomic mass is 19.4. The van der Waals surface area contributed by atoms with Crippen LogP contribution in [0, 0.1) is 0 Å². The Kier molecular flexibility index (Phi) is 3.37. The van der Waals surface area contributed by atoms with Gasteiger partial charge in [-0.1, -0.05) is 12.1 Å². The molecule has 0 heterocycles. The normalized spacial score (nSPS) is 15.9. The number of allylic oxidation sites excluding steroid dienone is 2. The van der Waals surface area contributed by atoms with E-state index in [9.17, 15) is 13.2 Å². The molecule has 1 aliphatic rings. The molecule has 0 amide bonds. The highest BCUT2D eigenvalue weighted by Crippen LogP contribution is 2.38. The lowest BCUT2D eigenvalue weighted by molar-refractivity contribution is -0.137. The predicted molar refractivity (Wildman–Crippen MR) is 63.8 cm³/mol. The molecular weight excluding hydrogens is 241 g/mol. The average molecular weight is 256 g/mol. The Hall–Kier alpha value is -1.45. The maximum absolute atomic E-state index is 12.4. The lowest BCUT2D eigenvalue weighted by atomic mass is 9.89. The van der Waals surface area contributed by atoms with E-state index in [0.717, 1.165) is 41.9 Å². The molecule has 0 saturated carbocycles. The third-order valence-electron chi connectivity index (χ3n) is 2.88. The van der Waals surface area contributed by atoms with E-state index >= 15 is 0 Å². The van der Waals surface area contributed by atoms with Gasteiger partial charge >= 0.3 is 6.18 Å². The minimum Gasteiger partial charge on any atom is -0.495 e. The van der Waals surface area contributed by atoms with Crippen LogP contribution in [0.3, 0.4) is 0 Å². The smallest absolute Gasteiger partial charge is 0.416 e. The van der Waals surface area contributed by atoms with Crippen molar-refractivity contribution in [3.63, 3.8) is 0 Å². The first-order valence-electron chi connectivity index (χ1n) is 5.94. The van der Waals surface area contributed by atoms with Crippen molar-refractivity contribution in [3.8, 4) is 0 Å². The van der Waals surface area contributed by atoms with Gasteiger partial charge in [-0.2, -0.15) is 13.2 Å². The Labute approximate surface area is 104 Å². The summed E-state index contributed by atoms with van der Waals surface area (Å²) in [4.78, 5) is 0. The lowest BCUT2D eigenvalue weighted by Gasteiger charge is -2.26. The molecule has 0 fully saturated rings. The lowest BCUT2D eigenvalue weighted by Crippen LogP contribution is -2.12. The van der Waals surface area contributed by atoms with Gasteiger partial charge < -0.3 is 4.74 Å². The molecule has 0 aliphatic heterocycles. The summed E-state index contributed by atoms with van der Waals surface area (Å²) in [6.45, 7) is 3.88. The van der Waals surface area contributed by atoms with Crippen LogP contribution in [0.1, 0.15) is 37.8 Å². The van der Waals surface area contributed by atoms with Crippen molar-refractivity contribution in [2.24, 2.45) is 0 Å². The van der Waals surface area contributed by atoms with Gasteiger partial charge in [0.15, 0.2) is 0 Å². The summed E-state index contributed by atoms with van der Waals surface area (Å²) >= 11 is 0. The summed E-state index contributed by atoms with van der Waals surface area (Å²) in [5, 5.41) is 0. The summed E-state index contributed by atoms with van der Waals surface area (Å²) < 4.78 is 42.9. The van der Waals surface area contributed by atoms with Crippen LogP contribution in [0.15, 0.2) is 30.0 Å². The van der Waals surface area contributed by atoms with Crippen LogP contribution in [-0.2, 0) is 10.9 Å². The molecule has 0 bridgehead atoms. The second kappa shape index (κ2) is 4.67. The first-order valence-corrected chi connectivity index (χ1v) is 5.94. The molecule has 1 aliphatic carbocycles. The SMILES string of the molecule is CC(C)OC1=C(c2ccc(C(F)(F)F)cc2)CC1. The van der Waals surface area contributed by atoms with Crippen molar-refractivity contribution in [2.75, 3.05) is 0 Å². The third kappa shape index (κ3) is 2.68. The third-order valence-corrected chi connectivity index (χ3v) is 2.88. The number of hydrogen-bond donors (Lipinski definition) is 0. The van der Waals surface area contributed by atoms with Crippen molar-refractivity contribution >= 4 is 5.57 Å². The molecule has 0 atom stereocenters. The molecule has 0 N–H and O–H groups in total. The maximum atomic E-state index is 12.4. The second-order valence-corrected chi connectivity index (χ2v) is 4.64. The number of hydrogen-bond acceptors (Lipinski definition) is 1. The molecule has 2 rings (SSSR count). The van der Waals surface area contributed by atoms with Crippen LogP contribution in [-0.4, -0.2) is 6.10 Å². The van der Waals surface area contributed by atoms with Gasteiger partial charge in [0, 0.05) is 6.42 Å². The average Bonchev–Trinajstić information content (AvgIpc) is 2.24. The van der Waals surface area contributed by atoms with E-state index in [1.807, 2.05) is 13.8 Å². The zero-order valence-corrected chi connectivity index (χ0v) is 10.3. The van der Waals surface area contributed by atoms with E-state index in [0.29, 0.717) is 0 Å². The van der Waals surface area contributed by atoms with Crippen molar-refractivity contribution in [1.29, 1.82) is 0 Å². The first kappa shape index (κ1) is 13.0. The van der Waals surface area contributed by atoms with E-state index < -0.39 is 11.7 Å². The largest absolute Gasteiger partial charge is 0.495 e. The molecule has 0 aromatic heterocycles. The fourth-order valence-corrected chi connectivity index (χ4v) is 1.93.